The smallest absolute Gasteiger partial charge is 0.202 e. The Morgan fingerprint density at radius 3 is 2.74 bits per heavy atom. The van der Waals surface area contributed by atoms with Crippen LogP contribution in [0.5, 0.6) is 0 Å². The Hall–Kier alpha value is -1.50. The molecule has 0 saturated carbocycles. The zero-order valence-corrected chi connectivity index (χ0v) is 11.8. The van der Waals surface area contributed by atoms with Gasteiger partial charge in [0.2, 0.25) is 5.13 Å². The molecule has 0 aliphatic heterocycles. The number of benzene rings is 1. The number of anilines is 1. The Labute approximate surface area is 116 Å². The Morgan fingerprint density at radius 2 is 2.05 bits per heavy atom. The molecule has 0 radical (unpaired) electrons. The van der Waals surface area contributed by atoms with E-state index >= 15 is 0 Å². The summed E-state index contributed by atoms with van der Waals surface area (Å²) in [6.07, 6.45) is -0.00373. The highest BCUT2D eigenvalue weighted by Gasteiger charge is 2.11. The molecule has 0 aliphatic carbocycles. The molecule has 1 unspecified atom stereocenters. The van der Waals surface area contributed by atoms with E-state index in [0.29, 0.717) is 19.0 Å². The highest BCUT2D eigenvalue weighted by Crippen LogP contribution is 2.18. The van der Waals surface area contributed by atoms with E-state index in [-0.39, 0.29) is 6.10 Å². The van der Waals surface area contributed by atoms with Crippen molar-refractivity contribution in [1.29, 1.82) is 0 Å². The highest BCUT2D eigenvalue weighted by molar-refractivity contribution is 7.09. The normalized spacial score (nSPS) is 12.3. The number of methoxy groups -OCH3 is 2. The van der Waals surface area contributed by atoms with Crippen LogP contribution in [0.1, 0.15) is 17.5 Å². The Balaban J connectivity index is 1.92. The van der Waals surface area contributed by atoms with Gasteiger partial charge >= 0.3 is 0 Å². The van der Waals surface area contributed by atoms with Crippen molar-refractivity contribution < 1.29 is 9.47 Å². The van der Waals surface area contributed by atoms with Gasteiger partial charge in [0, 0.05) is 32.3 Å². The standard InChI is InChI=1S/C13H17N3O2S/c1-17-9-12-15-13(19-16-12)14-8-11(18-2)10-6-4-3-5-7-10/h3-7,11H,8-9H2,1-2H3,(H,14,15,16). The maximum atomic E-state index is 5.48. The molecule has 0 saturated heterocycles. The first-order chi connectivity index (χ1) is 9.33. The van der Waals surface area contributed by atoms with E-state index in [2.05, 4.69) is 14.7 Å². The van der Waals surface area contributed by atoms with Crippen LogP contribution in [0.3, 0.4) is 0 Å². The summed E-state index contributed by atoms with van der Waals surface area (Å²) in [5.74, 6) is 0.698. The summed E-state index contributed by atoms with van der Waals surface area (Å²) >= 11 is 1.33. The molecule has 1 aromatic heterocycles. The molecule has 0 amide bonds. The average molecular weight is 279 g/mol. The van der Waals surface area contributed by atoms with Gasteiger partial charge in [0.05, 0.1) is 6.10 Å². The summed E-state index contributed by atoms with van der Waals surface area (Å²) in [4.78, 5) is 4.32. The number of hydrogen-bond donors (Lipinski definition) is 1. The number of nitrogens with zero attached hydrogens (tertiary/aromatic N) is 2. The fourth-order valence-corrected chi connectivity index (χ4v) is 2.28. The van der Waals surface area contributed by atoms with Gasteiger partial charge < -0.3 is 14.8 Å². The predicted molar refractivity (Wildman–Crippen MR) is 75.3 cm³/mol. The number of ether oxygens (including phenoxy) is 2. The molecule has 1 atom stereocenters. The van der Waals surface area contributed by atoms with Crippen molar-refractivity contribution in [1.82, 2.24) is 9.36 Å². The van der Waals surface area contributed by atoms with Crippen molar-refractivity contribution in [2.24, 2.45) is 0 Å². The summed E-state index contributed by atoms with van der Waals surface area (Å²) in [6, 6.07) is 10.1. The fraction of sp³-hybridized carbons (Fsp3) is 0.385. The molecular formula is C13H17N3O2S. The van der Waals surface area contributed by atoms with Crippen molar-refractivity contribution >= 4 is 16.7 Å². The maximum Gasteiger partial charge on any atom is 0.202 e. The van der Waals surface area contributed by atoms with Crippen molar-refractivity contribution in [3.05, 3.63) is 41.7 Å². The summed E-state index contributed by atoms with van der Waals surface area (Å²) in [7, 11) is 3.33. The average Bonchev–Trinajstić information content (AvgIpc) is 2.89. The van der Waals surface area contributed by atoms with Gasteiger partial charge in [0.25, 0.3) is 0 Å². The first kappa shape index (κ1) is 13.9. The van der Waals surface area contributed by atoms with Crippen LogP contribution in [0.15, 0.2) is 30.3 Å². The van der Waals surface area contributed by atoms with Gasteiger partial charge in [-0.2, -0.15) is 4.37 Å². The first-order valence-electron chi connectivity index (χ1n) is 5.96. The molecule has 0 fully saturated rings. The van der Waals surface area contributed by atoms with Crippen LogP contribution in [0.4, 0.5) is 5.13 Å². The summed E-state index contributed by atoms with van der Waals surface area (Å²) < 4.78 is 14.7. The lowest BCUT2D eigenvalue weighted by Crippen LogP contribution is -2.14. The van der Waals surface area contributed by atoms with Crippen LogP contribution in [-0.4, -0.2) is 30.1 Å². The lowest BCUT2D eigenvalue weighted by atomic mass is 10.1. The minimum atomic E-state index is -0.00373. The van der Waals surface area contributed by atoms with Crippen molar-refractivity contribution in [2.75, 3.05) is 26.1 Å². The summed E-state index contributed by atoms with van der Waals surface area (Å²) in [5.41, 5.74) is 1.14. The van der Waals surface area contributed by atoms with Gasteiger partial charge in [-0.1, -0.05) is 30.3 Å². The Kier molecular flexibility index (Phi) is 5.26. The van der Waals surface area contributed by atoms with E-state index in [1.165, 1.54) is 11.5 Å². The van der Waals surface area contributed by atoms with E-state index < -0.39 is 0 Å². The molecule has 1 N–H and O–H groups in total. The monoisotopic (exact) mass is 279 g/mol. The third kappa shape index (κ3) is 3.99. The number of rotatable bonds is 7. The van der Waals surface area contributed by atoms with E-state index in [9.17, 15) is 0 Å². The van der Waals surface area contributed by atoms with E-state index in [4.69, 9.17) is 9.47 Å². The van der Waals surface area contributed by atoms with Gasteiger partial charge in [-0.3, -0.25) is 0 Å². The lowest BCUT2D eigenvalue weighted by molar-refractivity contribution is 0.114. The zero-order valence-electron chi connectivity index (χ0n) is 11.0. The van der Waals surface area contributed by atoms with Gasteiger partial charge in [-0.05, 0) is 5.56 Å². The number of aromatic nitrogens is 2. The molecule has 6 heteroatoms. The second-order valence-electron chi connectivity index (χ2n) is 3.96. The number of nitrogens with one attached hydrogen (secondary N) is 1. The lowest BCUT2D eigenvalue weighted by Gasteiger charge is -2.15. The van der Waals surface area contributed by atoms with Crippen molar-refractivity contribution in [2.45, 2.75) is 12.7 Å². The van der Waals surface area contributed by atoms with Gasteiger partial charge in [-0.25, -0.2) is 4.98 Å². The zero-order chi connectivity index (χ0) is 13.5. The molecule has 102 valence electrons. The summed E-state index contributed by atoms with van der Waals surface area (Å²) in [5, 5.41) is 4.02. The Bertz CT molecular complexity index is 490. The molecule has 2 rings (SSSR count). The molecule has 19 heavy (non-hydrogen) atoms. The van der Waals surface area contributed by atoms with E-state index in [1.54, 1.807) is 14.2 Å². The van der Waals surface area contributed by atoms with Crippen LogP contribution < -0.4 is 5.32 Å². The number of hydrogen-bond acceptors (Lipinski definition) is 6. The minimum absolute atomic E-state index is 0.00373. The molecule has 0 aliphatic rings. The second-order valence-corrected chi connectivity index (χ2v) is 4.72. The molecule has 1 aromatic carbocycles. The molecule has 2 aromatic rings. The first-order valence-corrected chi connectivity index (χ1v) is 6.74. The van der Waals surface area contributed by atoms with Crippen LogP contribution in [0, 0.1) is 0 Å². The minimum Gasteiger partial charge on any atom is -0.377 e. The molecule has 1 heterocycles. The van der Waals surface area contributed by atoms with Crippen molar-refractivity contribution in [3.63, 3.8) is 0 Å². The molecular weight excluding hydrogens is 262 g/mol. The molecule has 0 bridgehead atoms. The second kappa shape index (κ2) is 7.18. The quantitative estimate of drug-likeness (QED) is 0.844. The van der Waals surface area contributed by atoms with Crippen LogP contribution in [-0.2, 0) is 16.1 Å². The van der Waals surface area contributed by atoms with Gasteiger partial charge in [-0.15, -0.1) is 0 Å². The third-order valence-corrected chi connectivity index (χ3v) is 3.35. The topological polar surface area (TPSA) is 56.3 Å². The molecule has 0 spiro atoms. The van der Waals surface area contributed by atoms with Gasteiger partial charge in [0.15, 0.2) is 5.82 Å². The SMILES string of the molecule is COCc1nsc(NCC(OC)c2ccccc2)n1. The highest BCUT2D eigenvalue weighted by atomic mass is 32.1. The van der Waals surface area contributed by atoms with Crippen molar-refractivity contribution in [3.8, 4) is 0 Å². The van der Waals surface area contributed by atoms with E-state index in [0.717, 1.165) is 10.7 Å². The third-order valence-electron chi connectivity index (χ3n) is 2.64. The van der Waals surface area contributed by atoms with E-state index in [1.807, 2.05) is 30.3 Å². The molecule has 5 nitrogen and oxygen atoms in total. The van der Waals surface area contributed by atoms with Crippen LogP contribution in [0.2, 0.25) is 0 Å². The largest absolute Gasteiger partial charge is 0.377 e. The fourth-order valence-electron chi connectivity index (χ4n) is 1.70. The summed E-state index contributed by atoms with van der Waals surface area (Å²) in [6.45, 7) is 1.09. The van der Waals surface area contributed by atoms with Crippen LogP contribution >= 0.6 is 11.5 Å². The maximum absolute atomic E-state index is 5.48. The predicted octanol–water partition coefficient (Wildman–Crippen LogP) is 2.48. The van der Waals surface area contributed by atoms with Gasteiger partial charge in [0.1, 0.15) is 6.61 Å². The van der Waals surface area contributed by atoms with Crippen LogP contribution in [0.25, 0.3) is 0 Å². The Morgan fingerprint density at radius 1 is 1.26 bits per heavy atom.